The monoisotopic (exact) mass is 347 g/mol. The zero-order chi connectivity index (χ0) is 16.9. The molecule has 0 spiro atoms. The first-order valence-electron chi connectivity index (χ1n) is 7.93. The minimum absolute atomic E-state index is 0.221. The summed E-state index contributed by atoms with van der Waals surface area (Å²) in [4.78, 5) is 18.7. The molecule has 2 aromatic rings. The van der Waals surface area contributed by atoms with Crippen molar-refractivity contribution in [3.63, 3.8) is 0 Å². The molecule has 0 radical (unpaired) electrons. The quantitative estimate of drug-likeness (QED) is 0.842. The predicted octanol–water partition coefficient (Wildman–Crippen LogP) is 3.00. The number of hydrogen-bond acceptors (Lipinski definition) is 6. The predicted molar refractivity (Wildman–Crippen MR) is 93.8 cm³/mol. The molecule has 7 heteroatoms. The van der Waals surface area contributed by atoms with Gasteiger partial charge in [-0.1, -0.05) is 0 Å². The van der Waals surface area contributed by atoms with E-state index in [9.17, 15) is 4.79 Å². The molecule has 2 atom stereocenters. The van der Waals surface area contributed by atoms with Crippen LogP contribution >= 0.6 is 11.3 Å². The second-order valence-corrected chi connectivity index (χ2v) is 6.79. The van der Waals surface area contributed by atoms with Crippen LogP contribution in [0.2, 0.25) is 0 Å². The Morgan fingerprint density at radius 2 is 2.25 bits per heavy atom. The van der Waals surface area contributed by atoms with Crippen LogP contribution in [0, 0.1) is 0 Å². The molecule has 3 rings (SSSR count). The van der Waals surface area contributed by atoms with Crippen molar-refractivity contribution in [3.05, 3.63) is 41.3 Å². The van der Waals surface area contributed by atoms with Crippen molar-refractivity contribution >= 4 is 28.5 Å². The molecule has 0 aromatic carbocycles. The number of thiazole rings is 1. The Balaban J connectivity index is 1.52. The largest absolute Gasteiger partial charge is 0.465 e. The second-order valence-electron chi connectivity index (χ2n) is 5.93. The minimum Gasteiger partial charge on any atom is -0.465 e. The molecule has 0 saturated carbocycles. The molecule has 2 aromatic heterocycles. The third-order valence-corrected chi connectivity index (χ3v) is 4.41. The Kier molecular flexibility index (Phi) is 5.44. The van der Waals surface area contributed by atoms with E-state index in [0.29, 0.717) is 10.9 Å². The molecular weight excluding hydrogens is 326 g/mol. The van der Waals surface area contributed by atoms with Gasteiger partial charge in [0, 0.05) is 31.1 Å². The van der Waals surface area contributed by atoms with Gasteiger partial charge in [0.2, 0.25) is 5.91 Å². The second kappa shape index (κ2) is 7.74. The first-order chi connectivity index (χ1) is 11.6. The third kappa shape index (κ3) is 4.77. The van der Waals surface area contributed by atoms with Crippen molar-refractivity contribution in [3.8, 4) is 0 Å². The standard InChI is InChI=1S/C17H21N3O3S/c1-12-8-20(9-13(2)23-12)10-14-11-24-17(18-14)19-16(21)6-5-15-4-3-7-22-15/h3-7,11-13H,8-10H2,1-2H3,(H,18,19,21)/b6-5+/t12-,13+. The molecule has 1 saturated heterocycles. The van der Waals surface area contributed by atoms with Gasteiger partial charge in [0.25, 0.3) is 0 Å². The van der Waals surface area contributed by atoms with E-state index in [4.69, 9.17) is 9.15 Å². The van der Waals surface area contributed by atoms with Gasteiger partial charge < -0.3 is 9.15 Å². The first kappa shape index (κ1) is 16.9. The van der Waals surface area contributed by atoms with E-state index >= 15 is 0 Å². The van der Waals surface area contributed by atoms with Crippen LogP contribution in [0.25, 0.3) is 6.08 Å². The van der Waals surface area contributed by atoms with E-state index in [0.717, 1.165) is 25.3 Å². The number of carbonyl (C=O) groups is 1. The molecule has 0 unspecified atom stereocenters. The van der Waals surface area contributed by atoms with E-state index in [1.165, 1.54) is 17.4 Å². The smallest absolute Gasteiger partial charge is 0.250 e. The normalized spacial score (nSPS) is 22.1. The molecule has 3 heterocycles. The third-order valence-electron chi connectivity index (χ3n) is 3.60. The summed E-state index contributed by atoms with van der Waals surface area (Å²) in [7, 11) is 0. The van der Waals surface area contributed by atoms with Gasteiger partial charge in [-0.2, -0.15) is 0 Å². The molecule has 1 aliphatic heterocycles. The minimum atomic E-state index is -0.221. The fraction of sp³-hybridized carbons (Fsp3) is 0.412. The van der Waals surface area contributed by atoms with Crippen LogP contribution in [0.15, 0.2) is 34.3 Å². The van der Waals surface area contributed by atoms with Gasteiger partial charge in [0.05, 0.1) is 24.2 Å². The molecule has 128 valence electrons. The van der Waals surface area contributed by atoms with Crippen molar-refractivity contribution in [1.29, 1.82) is 0 Å². The molecule has 1 amide bonds. The van der Waals surface area contributed by atoms with Crippen LogP contribution in [0.5, 0.6) is 0 Å². The van der Waals surface area contributed by atoms with E-state index < -0.39 is 0 Å². The highest BCUT2D eigenvalue weighted by Gasteiger charge is 2.22. The summed E-state index contributed by atoms with van der Waals surface area (Å²) in [5.41, 5.74) is 0.964. The average molecular weight is 347 g/mol. The molecular formula is C17H21N3O3S. The number of anilines is 1. The SMILES string of the molecule is C[C@@H]1CN(Cc2csc(NC(=O)/C=C/c3ccco3)n2)C[C@H](C)O1. The van der Waals surface area contributed by atoms with Gasteiger partial charge in [0.15, 0.2) is 5.13 Å². The highest BCUT2D eigenvalue weighted by Crippen LogP contribution is 2.19. The number of nitrogens with zero attached hydrogens (tertiary/aromatic N) is 2. The van der Waals surface area contributed by atoms with Crippen LogP contribution < -0.4 is 5.32 Å². The molecule has 0 aliphatic carbocycles. The summed E-state index contributed by atoms with van der Waals surface area (Å²) in [6.45, 7) is 6.74. The number of ether oxygens (including phenoxy) is 1. The Hall–Kier alpha value is -1.96. The topological polar surface area (TPSA) is 67.6 Å². The Bertz CT molecular complexity index is 686. The molecule has 24 heavy (non-hydrogen) atoms. The molecule has 1 aliphatic rings. The van der Waals surface area contributed by atoms with Crippen molar-refractivity contribution < 1.29 is 13.9 Å². The van der Waals surface area contributed by atoms with Gasteiger partial charge in [-0.15, -0.1) is 11.3 Å². The number of carbonyl (C=O) groups excluding carboxylic acids is 1. The van der Waals surface area contributed by atoms with Crippen molar-refractivity contribution in [1.82, 2.24) is 9.88 Å². The Morgan fingerprint density at radius 1 is 1.46 bits per heavy atom. The zero-order valence-corrected chi connectivity index (χ0v) is 14.6. The van der Waals surface area contributed by atoms with E-state index in [-0.39, 0.29) is 18.1 Å². The van der Waals surface area contributed by atoms with Gasteiger partial charge in [-0.05, 0) is 32.1 Å². The Labute approximate surface area is 145 Å². The molecule has 1 fully saturated rings. The van der Waals surface area contributed by atoms with Crippen molar-refractivity contribution in [2.45, 2.75) is 32.6 Å². The highest BCUT2D eigenvalue weighted by molar-refractivity contribution is 7.13. The number of furan rings is 1. The highest BCUT2D eigenvalue weighted by atomic mass is 32.1. The summed E-state index contributed by atoms with van der Waals surface area (Å²) >= 11 is 1.43. The van der Waals surface area contributed by atoms with E-state index in [2.05, 4.69) is 29.0 Å². The maximum Gasteiger partial charge on any atom is 0.250 e. The Morgan fingerprint density at radius 3 is 2.96 bits per heavy atom. The van der Waals surface area contributed by atoms with Crippen LogP contribution in [0.4, 0.5) is 5.13 Å². The van der Waals surface area contributed by atoms with Gasteiger partial charge in [0.1, 0.15) is 5.76 Å². The molecule has 1 N–H and O–H groups in total. The van der Waals surface area contributed by atoms with Crippen LogP contribution in [-0.2, 0) is 16.1 Å². The van der Waals surface area contributed by atoms with E-state index in [1.54, 1.807) is 24.5 Å². The number of morpholine rings is 1. The number of amides is 1. The van der Waals surface area contributed by atoms with Crippen LogP contribution in [0.3, 0.4) is 0 Å². The fourth-order valence-corrected chi connectivity index (χ4v) is 3.47. The average Bonchev–Trinajstić information content (AvgIpc) is 3.16. The number of rotatable bonds is 5. The lowest BCUT2D eigenvalue weighted by Gasteiger charge is -2.34. The summed E-state index contributed by atoms with van der Waals surface area (Å²) in [5.74, 6) is 0.418. The van der Waals surface area contributed by atoms with Gasteiger partial charge in [-0.3, -0.25) is 15.0 Å². The lowest BCUT2D eigenvalue weighted by molar-refractivity contribution is -0.111. The lowest BCUT2D eigenvalue weighted by Crippen LogP contribution is -2.44. The molecule has 0 bridgehead atoms. The number of hydrogen-bond donors (Lipinski definition) is 1. The summed E-state index contributed by atoms with van der Waals surface area (Å²) in [6, 6.07) is 3.56. The van der Waals surface area contributed by atoms with Gasteiger partial charge >= 0.3 is 0 Å². The number of nitrogens with one attached hydrogen (secondary N) is 1. The van der Waals surface area contributed by atoms with Crippen molar-refractivity contribution in [2.75, 3.05) is 18.4 Å². The maximum absolute atomic E-state index is 11.9. The van der Waals surface area contributed by atoms with Crippen LogP contribution in [-0.4, -0.2) is 41.1 Å². The summed E-state index contributed by atoms with van der Waals surface area (Å²) < 4.78 is 10.9. The van der Waals surface area contributed by atoms with Gasteiger partial charge in [-0.25, -0.2) is 4.98 Å². The lowest BCUT2D eigenvalue weighted by atomic mass is 10.2. The fourth-order valence-electron chi connectivity index (χ4n) is 2.77. The zero-order valence-electron chi connectivity index (χ0n) is 13.8. The van der Waals surface area contributed by atoms with E-state index in [1.807, 2.05) is 5.38 Å². The first-order valence-corrected chi connectivity index (χ1v) is 8.81. The number of aromatic nitrogens is 1. The maximum atomic E-state index is 11.9. The van der Waals surface area contributed by atoms with Crippen molar-refractivity contribution in [2.24, 2.45) is 0 Å². The molecule has 6 nitrogen and oxygen atoms in total. The summed E-state index contributed by atoms with van der Waals surface area (Å²) in [5, 5.41) is 5.36. The van der Waals surface area contributed by atoms with Crippen LogP contribution in [0.1, 0.15) is 25.3 Å². The summed E-state index contributed by atoms with van der Waals surface area (Å²) in [6.07, 6.45) is 5.10.